The number of carboxylic acid groups (broad SMARTS) is 1. The number of rotatable bonds is 6. The lowest BCUT2D eigenvalue weighted by Crippen LogP contribution is -2.30. The zero-order valence-corrected chi connectivity index (χ0v) is 11.6. The van der Waals surface area contributed by atoms with Gasteiger partial charge in [-0.05, 0) is 37.5 Å². The van der Waals surface area contributed by atoms with Gasteiger partial charge in [0.15, 0.2) is 6.10 Å². The van der Waals surface area contributed by atoms with Gasteiger partial charge in [-0.3, -0.25) is 0 Å². The second-order valence-corrected chi connectivity index (χ2v) is 6.04. The minimum Gasteiger partial charge on any atom is -0.479 e. The Labute approximate surface area is 112 Å². The van der Waals surface area contributed by atoms with Gasteiger partial charge in [-0.1, -0.05) is 12.1 Å². The van der Waals surface area contributed by atoms with Crippen LogP contribution < -0.4 is 4.72 Å². The maximum absolute atomic E-state index is 12.0. The third-order valence-electron chi connectivity index (χ3n) is 2.63. The highest BCUT2D eigenvalue weighted by molar-refractivity contribution is 7.89. The average molecular weight is 287 g/mol. The zero-order valence-electron chi connectivity index (χ0n) is 10.8. The monoisotopic (exact) mass is 287 g/mol. The van der Waals surface area contributed by atoms with Crippen LogP contribution in [0.2, 0.25) is 0 Å². The molecular formula is C12H17NO5S. The van der Waals surface area contributed by atoms with Gasteiger partial charge in [0, 0.05) is 6.54 Å². The van der Waals surface area contributed by atoms with E-state index >= 15 is 0 Å². The van der Waals surface area contributed by atoms with Crippen LogP contribution in [0.3, 0.4) is 0 Å². The second kappa shape index (κ2) is 6.14. The number of carbonyl (C=O) groups is 1. The molecule has 1 aromatic rings. The second-order valence-electron chi connectivity index (χ2n) is 4.31. The first kappa shape index (κ1) is 15.6. The van der Waals surface area contributed by atoms with Gasteiger partial charge in [0.05, 0.1) is 4.90 Å². The fourth-order valence-electron chi connectivity index (χ4n) is 1.53. The smallest absolute Gasteiger partial charge is 0.332 e. The minimum atomic E-state index is -3.69. The van der Waals surface area contributed by atoms with Crippen LogP contribution in [0.1, 0.15) is 17.5 Å². The number of sulfonamides is 1. The van der Waals surface area contributed by atoms with Crippen LogP contribution in [-0.4, -0.2) is 37.2 Å². The van der Waals surface area contributed by atoms with E-state index in [0.29, 0.717) is 5.56 Å². The zero-order chi connectivity index (χ0) is 14.6. The molecule has 0 amide bonds. The van der Waals surface area contributed by atoms with Crippen molar-refractivity contribution in [2.45, 2.75) is 31.3 Å². The molecule has 0 aliphatic heterocycles. The van der Waals surface area contributed by atoms with E-state index in [9.17, 15) is 13.2 Å². The molecule has 0 fully saturated rings. The lowest BCUT2D eigenvalue weighted by Gasteiger charge is -2.11. The molecule has 7 heteroatoms. The Bertz CT molecular complexity index is 567. The van der Waals surface area contributed by atoms with Crippen molar-refractivity contribution in [3.05, 3.63) is 29.3 Å². The Kier molecular flexibility index (Phi) is 5.04. The fraction of sp³-hybridized carbons (Fsp3) is 0.417. The fourth-order valence-corrected chi connectivity index (χ4v) is 2.90. The molecule has 1 aromatic carbocycles. The molecule has 0 heterocycles. The topological polar surface area (TPSA) is 104 Å². The van der Waals surface area contributed by atoms with Gasteiger partial charge in [-0.2, -0.15) is 0 Å². The molecule has 0 aliphatic rings. The van der Waals surface area contributed by atoms with Crippen molar-refractivity contribution in [1.82, 2.24) is 4.72 Å². The van der Waals surface area contributed by atoms with Crippen molar-refractivity contribution in [2.75, 3.05) is 6.54 Å². The molecular weight excluding hydrogens is 270 g/mol. The van der Waals surface area contributed by atoms with Crippen LogP contribution >= 0.6 is 0 Å². The van der Waals surface area contributed by atoms with Crippen molar-refractivity contribution in [3.63, 3.8) is 0 Å². The van der Waals surface area contributed by atoms with Gasteiger partial charge in [0.1, 0.15) is 0 Å². The molecule has 0 saturated heterocycles. The largest absolute Gasteiger partial charge is 0.479 e. The first-order chi connectivity index (χ1) is 8.74. The summed E-state index contributed by atoms with van der Waals surface area (Å²) in [4.78, 5) is 10.6. The maximum Gasteiger partial charge on any atom is 0.332 e. The highest BCUT2D eigenvalue weighted by atomic mass is 32.2. The molecule has 0 unspecified atom stereocenters. The molecule has 0 spiro atoms. The quantitative estimate of drug-likeness (QED) is 0.703. The first-order valence-corrected chi connectivity index (χ1v) is 7.20. The van der Waals surface area contributed by atoms with Gasteiger partial charge in [-0.25, -0.2) is 17.9 Å². The maximum atomic E-state index is 12.0. The van der Waals surface area contributed by atoms with Crippen LogP contribution in [0, 0.1) is 13.8 Å². The number of aliphatic hydroxyl groups excluding tert-OH is 1. The molecule has 0 saturated carbocycles. The average Bonchev–Trinajstić information content (AvgIpc) is 2.31. The highest BCUT2D eigenvalue weighted by Gasteiger charge is 2.18. The van der Waals surface area contributed by atoms with Gasteiger partial charge in [-0.15, -0.1) is 0 Å². The third kappa shape index (κ3) is 4.30. The number of aliphatic carboxylic acids is 1. The highest BCUT2D eigenvalue weighted by Crippen LogP contribution is 2.16. The molecule has 0 aromatic heterocycles. The number of hydrogen-bond acceptors (Lipinski definition) is 4. The van der Waals surface area contributed by atoms with Crippen LogP contribution in [0.4, 0.5) is 0 Å². The molecule has 1 rings (SSSR count). The Morgan fingerprint density at radius 3 is 2.58 bits per heavy atom. The molecule has 1 atom stereocenters. The Morgan fingerprint density at radius 1 is 1.37 bits per heavy atom. The Hall–Kier alpha value is -1.44. The van der Waals surface area contributed by atoms with Crippen molar-refractivity contribution in [3.8, 4) is 0 Å². The number of hydrogen-bond donors (Lipinski definition) is 3. The summed E-state index contributed by atoms with van der Waals surface area (Å²) in [7, 11) is -3.69. The van der Waals surface area contributed by atoms with Gasteiger partial charge < -0.3 is 10.2 Å². The molecule has 6 nitrogen and oxygen atoms in total. The number of aliphatic hydroxyl groups is 1. The molecule has 0 aliphatic carbocycles. The summed E-state index contributed by atoms with van der Waals surface area (Å²) < 4.78 is 26.3. The van der Waals surface area contributed by atoms with Crippen LogP contribution in [0.5, 0.6) is 0 Å². The summed E-state index contributed by atoms with van der Waals surface area (Å²) in [6, 6.07) is 5.06. The van der Waals surface area contributed by atoms with E-state index < -0.39 is 22.1 Å². The Balaban J connectivity index is 2.76. The van der Waals surface area contributed by atoms with Crippen LogP contribution in [0.25, 0.3) is 0 Å². The molecule has 106 valence electrons. The van der Waals surface area contributed by atoms with E-state index in [-0.39, 0.29) is 17.9 Å². The lowest BCUT2D eigenvalue weighted by atomic mass is 10.2. The summed E-state index contributed by atoms with van der Waals surface area (Å²) in [5.41, 5.74) is 1.42. The number of aryl methyl sites for hydroxylation is 2. The molecule has 0 radical (unpaired) electrons. The summed E-state index contributed by atoms with van der Waals surface area (Å²) in [5, 5.41) is 17.5. The number of benzene rings is 1. The minimum absolute atomic E-state index is 0.136. The van der Waals surface area contributed by atoms with E-state index in [1.54, 1.807) is 26.0 Å². The molecule has 3 N–H and O–H groups in total. The van der Waals surface area contributed by atoms with Crippen molar-refractivity contribution in [2.24, 2.45) is 0 Å². The SMILES string of the molecule is Cc1ccc(C)c(S(=O)(=O)NCC[C@H](O)C(=O)O)c1. The lowest BCUT2D eigenvalue weighted by molar-refractivity contribution is -0.146. The normalized spacial score (nSPS) is 13.2. The Morgan fingerprint density at radius 2 is 2.00 bits per heavy atom. The summed E-state index contributed by atoms with van der Waals surface area (Å²) in [5.74, 6) is -1.37. The predicted molar refractivity (Wildman–Crippen MR) is 69.4 cm³/mol. The number of nitrogens with one attached hydrogen (secondary N) is 1. The summed E-state index contributed by atoms with van der Waals surface area (Å²) in [6.07, 6.45) is -1.75. The van der Waals surface area contributed by atoms with E-state index in [1.165, 1.54) is 0 Å². The third-order valence-corrected chi connectivity index (χ3v) is 4.23. The predicted octanol–water partition coefficient (Wildman–Crippen LogP) is 0.417. The van der Waals surface area contributed by atoms with E-state index in [4.69, 9.17) is 10.2 Å². The van der Waals surface area contributed by atoms with E-state index in [0.717, 1.165) is 5.56 Å². The van der Waals surface area contributed by atoms with Gasteiger partial charge >= 0.3 is 5.97 Å². The van der Waals surface area contributed by atoms with Crippen LogP contribution in [-0.2, 0) is 14.8 Å². The van der Waals surface area contributed by atoms with Crippen LogP contribution in [0.15, 0.2) is 23.1 Å². The van der Waals surface area contributed by atoms with E-state index in [2.05, 4.69) is 4.72 Å². The molecule has 19 heavy (non-hydrogen) atoms. The van der Waals surface area contributed by atoms with Crippen molar-refractivity contribution >= 4 is 16.0 Å². The first-order valence-electron chi connectivity index (χ1n) is 5.72. The molecule has 0 bridgehead atoms. The van der Waals surface area contributed by atoms with Crippen molar-refractivity contribution < 1.29 is 23.4 Å². The van der Waals surface area contributed by atoms with Crippen molar-refractivity contribution in [1.29, 1.82) is 0 Å². The standard InChI is InChI=1S/C12H17NO5S/c1-8-3-4-9(2)11(7-8)19(17,18)13-6-5-10(14)12(15)16/h3-4,7,10,13-14H,5-6H2,1-2H3,(H,15,16)/t10-/m0/s1. The summed E-state index contributed by atoms with van der Waals surface area (Å²) in [6.45, 7) is 3.33. The summed E-state index contributed by atoms with van der Waals surface area (Å²) >= 11 is 0. The van der Waals surface area contributed by atoms with Gasteiger partial charge in [0.25, 0.3) is 0 Å². The van der Waals surface area contributed by atoms with E-state index in [1.807, 2.05) is 6.07 Å². The van der Waals surface area contributed by atoms with Gasteiger partial charge in [0.2, 0.25) is 10.0 Å². The number of carboxylic acids is 1.